The molecule has 0 radical (unpaired) electrons. The molecule has 10 heteroatoms. The predicted octanol–water partition coefficient (Wildman–Crippen LogP) is 2.35. The van der Waals surface area contributed by atoms with Gasteiger partial charge in [-0.3, -0.25) is 19.9 Å². The normalized spacial score (nSPS) is 16.6. The average Bonchev–Trinajstić information content (AvgIpc) is 2.68. The number of hydrogen-bond acceptors (Lipinski definition) is 9. The lowest BCUT2D eigenvalue weighted by atomic mass is 9.98. The van der Waals surface area contributed by atoms with Gasteiger partial charge in [-0.05, 0) is 31.9 Å². The molecule has 2 aromatic rings. The molecular formula is C17H19N5O5. The van der Waals surface area contributed by atoms with E-state index in [2.05, 4.69) is 15.0 Å². The van der Waals surface area contributed by atoms with Gasteiger partial charge in [0.2, 0.25) is 5.82 Å². The Hall–Kier alpha value is -3.30. The molecule has 1 saturated heterocycles. The van der Waals surface area contributed by atoms with Crippen molar-refractivity contribution in [3.63, 3.8) is 0 Å². The van der Waals surface area contributed by atoms with Crippen LogP contribution in [0, 0.1) is 16.0 Å². The molecule has 0 amide bonds. The molecule has 1 aliphatic rings. The molecule has 0 N–H and O–H groups in total. The Labute approximate surface area is 155 Å². The summed E-state index contributed by atoms with van der Waals surface area (Å²) in [7, 11) is 0. The van der Waals surface area contributed by atoms with Crippen LogP contribution in [0.3, 0.4) is 0 Å². The van der Waals surface area contributed by atoms with Gasteiger partial charge in [0, 0.05) is 19.3 Å². The molecule has 1 aliphatic heterocycles. The number of hydrogen-bond donors (Lipinski definition) is 0. The van der Waals surface area contributed by atoms with Crippen LogP contribution in [0.25, 0.3) is 0 Å². The van der Waals surface area contributed by atoms with Crippen molar-refractivity contribution >= 4 is 17.5 Å². The van der Waals surface area contributed by atoms with Crippen LogP contribution in [-0.2, 0) is 9.53 Å². The molecule has 10 nitrogen and oxygen atoms in total. The maximum Gasteiger partial charge on any atom is 0.373 e. The predicted molar refractivity (Wildman–Crippen MR) is 94.6 cm³/mol. The SMILES string of the molecule is CCOC(=O)C1CCCN(c2ncnc(Oc3cccnc3)c2[N+](=O)[O-])C1. The van der Waals surface area contributed by atoms with Crippen LogP contribution in [0.15, 0.2) is 30.9 Å². The Morgan fingerprint density at radius 1 is 1.44 bits per heavy atom. The van der Waals surface area contributed by atoms with E-state index in [-0.39, 0.29) is 29.3 Å². The number of aromatic nitrogens is 3. The molecular weight excluding hydrogens is 354 g/mol. The number of piperidine rings is 1. The number of nitro groups is 1. The van der Waals surface area contributed by atoms with E-state index in [1.165, 1.54) is 12.5 Å². The highest BCUT2D eigenvalue weighted by Gasteiger charge is 2.34. The van der Waals surface area contributed by atoms with E-state index in [0.29, 0.717) is 38.3 Å². The van der Waals surface area contributed by atoms with E-state index >= 15 is 0 Å². The molecule has 1 atom stereocenters. The van der Waals surface area contributed by atoms with Gasteiger partial charge < -0.3 is 14.4 Å². The van der Waals surface area contributed by atoms with E-state index in [1.54, 1.807) is 30.2 Å². The second-order valence-corrected chi connectivity index (χ2v) is 5.94. The van der Waals surface area contributed by atoms with Crippen LogP contribution in [0.4, 0.5) is 11.5 Å². The number of ether oxygens (including phenoxy) is 2. The van der Waals surface area contributed by atoms with Gasteiger partial charge in [0.25, 0.3) is 0 Å². The molecule has 2 aromatic heterocycles. The molecule has 0 bridgehead atoms. The van der Waals surface area contributed by atoms with E-state index in [9.17, 15) is 14.9 Å². The standard InChI is InChI=1S/C17H19N5O5/c1-2-26-17(23)12-5-4-8-21(10-12)15-14(22(24)25)16(20-11-19-15)27-13-6-3-7-18-9-13/h3,6-7,9,11-12H,2,4-5,8,10H2,1H3. The number of pyridine rings is 1. The zero-order valence-electron chi connectivity index (χ0n) is 14.8. The lowest BCUT2D eigenvalue weighted by Gasteiger charge is -2.31. The van der Waals surface area contributed by atoms with Crippen molar-refractivity contribution < 1.29 is 19.2 Å². The fourth-order valence-corrected chi connectivity index (χ4v) is 2.96. The van der Waals surface area contributed by atoms with E-state index < -0.39 is 4.92 Å². The Morgan fingerprint density at radius 2 is 2.30 bits per heavy atom. The van der Waals surface area contributed by atoms with Gasteiger partial charge in [-0.25, -0.2) is 4.98 Å². The summed E-state index contributed by atoms with van der Waals surface area (Å²) in [6.07, 6.45) is 5.58. The molecule has 0 spiro atoms. The Kier molecular flexibility index (Phi) is 5.74. The number of carbonyl (C=O) groups is 1. The summed E-state index contributed by atoms with van der Waals surface area (Å²) in [5, 5.41) is 11.7. The first-order valence-electron chi connectivity index (χ1n) is 8.59. The monoisotopic (exact) mass is 373 g/mol. The number of carbonyl (C=O) groups excluding carboxylic acids is 1. The molecule has 27 heavy (non-hydrogen) atoms. The first-order valence-corrected chi connectivity index (χ1v) is 8.59. The minimum atomic E-state index is -0.574. The highest BCUT2D eigenvalue weighted by molar-refractivity contribution is 5.74. The smallest absolute Gasteiger partial charge is 0.373 e. The fraction of sp³-hybridized carbons (Fsp3) is 0.412. The third kappa shape index (κ3) is 4.27. The summed E-state index contributed by atoms with van der Waals surface area (Å²) < 4.78 is 10.6. The van der Waals surface area contributed by atoms with Crippen LogP contribution in [-0.4, -0.2) is 45.5 Å². The van der Waals surface area contributed by atoms with Gasteiger partial charge in [-0.15, -0.1) is 0 Å². The average molecular weight is 373 g/mol. The van der Waals surface area contributed by atoms with Gasteiger partial charge in [0.15, 0.2) is 0 Å². The van der Waals surface area contributed by atoms with Gasteiger partial charge in [0.1, 0.15) is 12.1 Å². The lowest BCUT2D eigenvalue weighted by Crippen LogP contribution is -2.40. The molecule has 1 unspecified atom stereocenters. The summed E-state index contributed by atoms with van der Waals surface area (Å²) >= 11 is 0. The van der Waals surface area contributed by atoms with Crippen molar-refractivity contribution in [2.75, 3.05) is 24.6 Å². The Bertz CT molecular complexity index is 817. The molecule has 0 aromatic carbocycles. The van der Waals surface area contributed by atoms with Crippen LogP contribution in [0.1, 0.15) is 19.8 Å². The number of nitrogens with zero attached hydrogens (tertiary/aromatic N) is 5. The lowest BCUT2D eigenvalue weighted by molar-refractivity contribution is -0.385. The van der Waals surface area contributed by atoms with E-state index in [1.807, 2.05) is 0 Å². The van der Waals surface area contributed by atoms with Crippen molar-refractivity contribution in [1.29, 1.82) is 0 Å². The van der Waals surface area contributed by atoms with Crippen molar-refractivity contribution in [3.05, 3.63) is 41.0 Å². The zero-order chi connectivity index (χ0) is 19.2. The van der Waals surface area contributed by atoms with Gasteiger partial charge in [0.05, 0.1) is 23.6 Å². The summed E-state index contributed by atoms with van der Waals surface area (Å²) in [5.74, 6) is -0.367. The number of rotatable bonds is 6. The van der Waals surface area contributed by atoms with Crippen LogP contribution in [0.2, 0.25) is 0 Å². The Balaban J connectivity index is 1.89. The maximum absolute atomic E-state index is 12.1. The second-order valence-electron chi connectivity index (χ2n) is 5.94. The number of esters is 1. The van der Waals surface area contributed by atoms with E-state index in [0.717, 1.165) is 0 Å². The van der Waals surface area contributed by atoms with Gasteiger partial charge >= 0.3 is 17.5 Å². The topological polar surface area (TPSA) is 121 Å². The first kappa shape index (κ1) is 18.5. The third-order valence-corrected chi connectivity index (χ3v) is 4.14. The first-order chi connectivity index (χ1) is 13.1. The van der Waals surface area contributed by atoms with Crippen molar-refractivity contribution in [1.82, 2.24) is 15.0 Å². The second kappa shape index (κ2) is 8.39. The van der Waals surface area contributed by atoms with Gasteiger partial charge in [-0.1, -0.05) is 0 Å². The Morgan fingerprint density at radius 3 is 3.00 bits per heavy atom. The minimum absolute atomic E-state index is 0.128. The number of anilines is 1. The zero-order valence-corrected chi connectivity index (χ0v) is 14.8. The largest absolute Gasteiger partial charge is 0.466 e. The van der Waals surface area contributed by atoms with Crippen molar-refractivity contribution in [2.24, 2.45) is 5.92 Å². The minimum Gasteiger partial charge on any atom is -0.466 e. The molecule has 3 heterocycles. The summed E-state index contributed by atoms with van der Waals surface area (Å²) in [4.78, 5) is 36.8. The molecule has 0 saturated carbocycles. The highest BCUT2D eigenvalue weighted by atomic mass is 16.6. The summed E-state index contributed by atoms with van der Waals surface area (Å²) in [5.41, 5.74) is -0.342. The van der Waals surface area contributed by atoms with Crippen LogP contribution in [0.5, 0.6) is 11.6 Å². The summed E-state index contributed by atoms with van der Waals surface area (Å²) in [6.45, 7) is 2.88. The van der Waals surface area contributed by atoms with Crippen LogP contribution >= 0.6 is 0 Å². The maximum atomic E-state index is 12.1. The van der Waals surface area contributed by atoms with Gasteiger partial charge in [-0.2, -0.15) is 4.98 Å². The highest BCUT2D eigenvalue weighted by Crippen LogP contribution is 2.37. The summed E-state index contributed by atoms with van der Waals surface area (Å²) in [6, 6.07) is 3.27. The molecule has 0 aliphatic carbocycles. The van der Waals surface area contributed by atoms with Crippen molar-refractivity contribution in [3.8, 4) is 11.6 Å². The quantitative estimate of drug-likeness (QED) is 0.426. The van der Waals surface area contributed by atoms with Crippen molar-refractivity contribution in [2.45, 2.75) is 19.8 Å². The fourth-order valence-electron chi connectivity index (χ4n) is 2.96. The van der Waals surface area contributed by atoms with Crippen LogP contribution < -0.4 is 9.64 Å². The third-order valence-electron chi connectivity index (χ3n) is 4.14. The molecule has 1 fully saturated rings. The molecule has 3 rings (SSSR count). The molecule has 142 valence electrons. The van der Waals surface area contributed by atoms with E-state index in [4.69, 9.17) is 9.47 Å².